The minimum absolute atomic E-state index is 0.0149. The lowest BCUT2D eigenvalue weighted by atomic mass is 10.1. The molecule has 0 aromatic heterocycles. The third-order valence-electron chi connectivity index (χ3n) is 6.27. The molecule has 40 heavy (non-hydrogen) atoms. The van der Waals surface area contributed by atoms with Crippen molar-refractivity contribution in [1.82, 2.24) is 10.2 Å². The molecule has 0 bridgehead atoms. The second-order valence-corrected chi connectivity index (χ2v) is 12.4. The van der Waals surface area contributed by atoms with Gasteiger partial charge in [0.2, 0.25) is 11.8 Å². The van der Waals surface area contributed by atoms with Crippen molar-refractivity contribution in [3.63, 3.8) is 0 Å². The summed E-state index contributed by atoms with van der Waals surface area (Å²) in [6.07, 6.45) is 1.04. The van der Waals surface area contributed by atoms with E-state index in [9.17, 15) is 18.0 Å². The summed E-state index contributed by atoms with van der Waals surface area (Å²) < 4.78 is 28.8. The first-order valence-electron chi connectivity index (χ1n) is 12.8. The van der Waals surface area contributed by atoms with Crippen LogP contribution in [0, 0.1) is 6.92 Å². The van der Waals surface area contributed by atoms with Crippen LogP contribution in [-0.4, -0.2) is 44.3 Å². The highest BCUT2D eigenvalue weighted by molar-refractivity contribution is 7.92. The maximum Gasteiger partial charge on any atom is 0.264 e. The predicted molar refractivity (Wildman–Crippen MR) is 162 cm³/mol. The number of sulfonamides is 1. The summed E-state index contributed by atoms with van der Waals surface area (Å²) in [5.41, 5.74) is 1.66. The minimum atomic E-state index is -4.26. The molecule has 0 fully saturated rings. The Bertz CT molecular complexity index is 1430. The molecule has 1 N–H and O–H groups in total. The number of halogens is 3. The van der Waals surface area contributed by atoms with Gasteiger partial charge in [-0.2, -0.15) is 0 Å². The zero-order valence-electron chi connectivity index (χ0n) is 22.5. The zero-order valence-corrected chi connectivity index (χ0v) is 25.6. The van der Waals surface area contributed by atoms with E-state index < -0.39 is 28.5 Å². The molecule has 0 unspecified atom stereocenters. The van der Waals surface area contributed by atoms with Gasteiger partial charge in [0.15, 0.2) is 0 Å². The zero-order chi connectivity index (χ0) is 29.4. The molecule has 3 rings (SSSR count). The van der Waals surface area contributed by atoms with Crippen LogP contribution in [0.15, 0.2) is 71.6 Å². The van der Waals surface area contributed by atoms with E-state index in [0.717, 1.165) is 21.9 Å². The molecule has 0 aliphatic rings. The molecule has 1 atom stereocenters. The third kappa shape index (κ3) is 7.91. The van der Waals surface area contributed by atoms with Crippen molar-refractivity contribution in [2.24, 2.45) is 0 Å². The largest absolute Gasteiger partial charge is 0.354 e. The molecule has 3 aromatic rings. The molecule has 11 heteroatoms. The molecular weight excluding hydrogens is 593 g/mol. The standard InChI is InChI=1S/C29H32Cl3N3O4S/c1-4-16-33-29(37)26(5-2)34(18-21-8-10-22(30)11-9-21)28(36)19-35(27-17-23(31)12-15-25(27)32)40(38,39)24-13-6-20(3)7-14-24/h6-15,17,26H,4-5,16,18-19H2,1-3H3,(H,33,37)/t26-/m0/s1. The maximum absolute atomic E-state index is 14.0. The molecule has 0 aliphatic carbocycles. The Hall–Kier alpha value is -2.78. The van der Waals surface area contributed by atoms with Gasteiger partial charge >= 0.3 is 0 Å². The Balaban J connectivity index is 2.09. The summed E-state index contributed by atoms with van der Waals surface area (Å²) >= 11 is 18.7. The minimum Gasteiger partial charge on any atom is -0.354 e. The quantitative estimate of drug-likeness (QED) is 0.250. The molecular formula is C29H32Cl3N3O4S. The van der Waals surface area contributed by atoms with Gasteiger partial charge in [-0.05, 0) is 67.8 Å². The van der Waals surface area contributed by atoms with Crippen molar-refractivity contribution < 1.29 is 18.0 Å². The smallest absolute Gasteiger partial charge is 0.264 e. The van der Waals surface area contributed by atoms with E-state index in [1.54, 1.807) is 43.3 Å². The summed E-state index contributed by atoms with van der Waals surface area (Å²) in [6, 6.07) is 16.7. The second-order valence-electron chi connectivity index (χ2n) is 9.28. The summed E-state index contributed by atoms with van der Waals surface area (Å²) in [7, 11) is -4.26. The van der Waals surface area contributed by atoms with Crippen LogP contribution in [0.4, 0.5) is 5.69 Å². The van der Waals surface area contributed by atoms with Gasteiger partial charge < -0.3 is 10.2 Å². The average Bonchev–Trinajstić information content (AvgIpc) is 2.93. The summed E-state index contributed by atoms with van der Waals surface area (Å²) in [5.74, 6) is -0.902. The van der Waals surface area contributed by atoms with E-state index in [4.69, 9.17) is 34.8 Å². The monoisotopic (exact) mass is 623 g/mol. The van der Waals surface area contributed by atoms with Gasteiger partial charge in [0, 0.05) is 23.1 Å². The number of rotatable bonds is 12. The highest BCUT2D eigenvalue weighted by Crippen LogP contribution is 2.33. The first-order valence-corrected chi connectivity index (χ1v) is 15.4. The fourth-order valence-electron chi connectivity index (χ4n) is 4.10. The van der Waals surface area contributed by atoms with Crippen molar-refractivity contribution in [3.05, 3.63) is 92.9 Å². The average molecular weight is 625 g/mol. The van der Waals surface area contributed by atoms with E-state index >= 15 is 0 Å². The van der Waals surface area contributed by atoms with Crippen LogP contribution in [0.3, 0.4) is 0 Å². The third-order valence-corrected chi connectivity index (χ3v) is 8.85. The number of amides is 2. The van der Waals surface area contributed by atoms with Gasteiger partial charge in [0.05, 0.1) is 15.6 Å². The molecule has 0 heterocycles. The van der Waals surface area contributed by atoms with E-state index in [-0.39, 0.29) is 33.1 Å². The molecule has 2 amide bonds. The lowest BCUT2D eigenvalue weighted by Gasteiger charge is -2.33. The van der Waals surface area contributed by atoms with Gasteiger partial charge in [-0.15, -0.1) is 0 Å². The van der Waals surface area contributed by atoms with Crippen LogP contribution >= 0.6 is 34.8 Å². The van der Waals surface area contributed by atoms with Gasteiger partial charge in [0.25, 0.3) is 10.0 Å². The van der Waals surface area contributed by atoms with E-state index in [1.165, 1.54) is 35.2 Å². The van der Waals surface area contributed by atoms with E-state index in [1.807, 2.05) is 13.8 Å². The molecule has 0 radical (unpaired) electrons. The lowest BCUT2D eigenvalue weighted by Crippen LogP contribution is -2.52. The van der Waals surface area contributed by atoms with Crippen LogP contribution in [0.25, 0.3) is 0 Å². The maximum atomic E-state index is 14.0. The lowest BCUT2D eigenvalue weighted by molar-refractivity contribution is -0.140. The Morgan fingerprint density at radius 2 is 1.52 bits per heavy atom. The normalized spacial score (nSPS) is 12.1. The number of carbonyl (C=O) groups is 2. The fraction of sp³-hybridized carbons (Fsp3) is 0.310. The van der Waals surface area contributed by atoms with Gasteiger partial charge in [-0.1, -0.05) is 78.5 Å². The SMILES string of the molecule is CCCNC(=O)[C@H](CC)N(Cc1ccc(Cl)cc1)C(=O)CN(c1cc(Cl)ccc1Cl)S(=O)(=O)c1ccc(C)cc1. The first kappa shape index (κ1) is 31.7. The Morgan fingerprint density at radius 1 is 0.900 bits per heavy atom. The van der Waals surface area contributed by atoms with Crippen LogP contribution in [0.1, 0.15) is 37.8 Å². The Labute approximate surface area is 251 Å². The van der Waals surface area contributed by atoms with Crippen LogP contribution in [0.2, 0.25) is 15.1 Å². The summed E-state index contributed by atoms with van der Waals surface area (Å²) in [5, 5.41) is 3.73. The van der Waals surface area contributed by atoms with Crippen LogP contribution in [-0.2, 0) is 26.2 Å². The van der Waals surface area contributed by atoms with Crippen LogP contribution < -0.4 is 9.62 Å². The van der Waals surface area contributed by atoms with Gasteiger partial charge in [0.1, 0.15) is 12.6 Å². The topological polar surface area (TPSA) is 86.8 Å². The fourth-order valence-corrected chi connectivity index (χ4v) is 6.09. The number of carbonyl (C=O) groups excluding carboxylic acids is 2. The summed E-state index contributed by atoms with van der Waals surface area (Å²) in [4.78, 5) is 28.6. The highest BCUT2D eigenvalue weighted by atomic mass is 35.5. The van der Waals surface area contributed by atoms with Crippen molar-refractivity contribution >= 4 is 62.3 Å². The Morgan fingerprint density at radius 3 is 2.12 bits per heavy atom. The first-order chi connectivity index (χ1) is 19.0. The van der Waals surface area contributed by atoms with Crippen molar-refractivity contribution in [2.75, 3.05) is 17.4 Å². The second kappa shape index (κ2) is 14.2. The van der Waals surface area contributed by atoms with Crippen molar-refractivity contribution in [3.8, 4) is 0 Å². The highest BCUT2D eigenvalue weighted by Gasteiger charge is 2.34. The number of hydrogen-bond donors (Lipinski definition) is 1. The van der Waals surface area contributed by atoms with Gasteiger partial charge in [-0.25, -0.2) is 8.42 Å². The predicted octanol–water partition coefficient (Wildman–Crippen LogP) is 6.48. The van der Waals surface area contributed by atoms with Crippen molar-refractivity contribution in [2.45, 2.75) is 51.1 Å². The van der Waals surface area contributed by atoms with Crippen LogP contribution in [0.5, 0.6) is 0 Å². The molecule has 0 aliphatic heterocycles. The summed E-state index contributed by atoms with van der Waals surface area (Å²) in [6.45, 7) is 5.48. The molecule has 0 saturated carbocycles. The molecule has 7 nitrogen and oxygen atoms in total. The number of anilines is 1. The molecule has 214 valence electrons. The van der Waals surface area contributed by atoms with E-state index in [2.05, 4.69) is 5.32 Å². The number of hydrogen-bond acceptors (Lipinski definition) is 4. The van der Waals surface area contributed by atoms with Gasteiger partial charge in [-0.3, -0.25) is 13.9 Å². The van der Waals surface area contributed by atoms with E-state index in [0.29, 0.717) is 18.0 Å². The Kier molecular flexibility index (Phi) is 11.3. The molecule has 0 spiro atoms. The molecule has 3 aromatic carbocycles. The number of benzene rings is 3. The number of nitrogens with zero attached hydrogens (tertiary/aromatic N) is 2. The number of aryl methyl sites for hydroxylation is 1. The molecule has 0 saturated heterocycles. The number of nitrogens with one attached hydrogen (secondary N) is 1. The van der Waals surface area contributed by atoms with Crippen molar-refractivity contribution in [1.29, 1.82) is 0 Å².